The molecule has 2 N–H and O–H groups in total. The van der Waals surface area contributed by atoms with Crippen LogP contribution in [0.15, 0.2) is 0 Å². The van der Waals surface area contributed by atoms with Crippen LogP contribution in [-0.4, -0.2) is 72.2 Å². The number of hydrogen-bond donors (Lipinski definition) is 2. The fraction of sp³-hybridized carbons (Fsp3) is 0.810. The maximum atomic E-state index is 5.04. The molecule has 7 heteroatoms. The molecule has 0 aromatic carbocycles. The number of aromatic nitrogens is 2. The number of nitrogens with zero attached hydrogens (tertiary/aromatic N) is 4. The van der Waals surface area contributed by atoms with Crippen LogP contribution < -0.4 is 15.5 Å². The van der Waals surface area contributed by atoms with Crippen LogP contribution in [0, 0.1) is 0 Å². The zero-order chi connectivity index (χ0) is 19.2. The molecular weight excluding hydrogens is 368 g/mol. The van der Waals surface area contributed by atoms with Gasteiger partial charge in [-0.15, -0.1) is 0 Å². The Balaban J connectivity index is 1.48. The number of anilines is 2. The summed E-state index contributed by atoms with van der Waals surface area (Å²) in [4.78, 5) is 15.1. The summed E-state index contributed by atoms with van der Waals surface area (Å²) in [5.41, 5.74) is 2.59. The van der Waals surface area contributed by atoms with Crippen LogP contribution in [0.4, 0.5) is 11.8 Å². The van der Waals surface area contributed by atoms with Crippen molar-refractivity contribution in [1.29, 1.82) is 0 Å². The quantitative estimate of drug-likeness (QED) is 0.725. The summed E-state index contributed by atoms with van der Waals surface area (Å²) >= 11 is 1.94. The van der Waals surface area contributed by atoms with E-state index in [1.807, 2.05) is 11.8 Å². The Morgan fingerprint density at radius 3 is 2.79 bits per heavy atom. The van der Waals surface area contributed by atoms with Crippen molar-refractivity contribution >= 4 is 23.5 Å². The Bertz CT molecular complexity index is 632. The van der Waals surface area contributed by atoms with E-state index in [1.165, 1.54) is 74.4 Å². The summed E-state index contributed by atoms with van der Waals surface area (Å²) < 4.78 is 0. The number of rotatable bonds is 7. The molecule has 2 fully saturated rings. The zero-order valence-corrected chi connectivity index (χ0v) is 18.2. The topological polar surface area (TPSA) is 56.3 Å². The zero-order valence-electron chi connectivity index (χ0n) is 17.4. The lowest BCUT2D eigenvalue weighted by Crippen LogP contribution is -2.37. The molecule has 1 atom stereocenters. The summed E-state index contributed by atoms with van der Waals surface area (Å²) in [5.74, 6) is 3.25. The Morgan fingerprint density at radius 1 is 1.11 bits per heavy atom. The van der Waals surface area contributed by atoms with E-state index in [9.17, 15) is 0 Å². The first kappa shape index (κ1) is 20.2. The predicted molar refractivity (Wildman–Crippen MR) is 120 cm³/mol. The molecule has 0 aliphatic carbocycles. The molecular formula is C21H36N6S. The molecule has 1 unspecified atom stereocenters. The molecule has 0 saturated carbocycles. The summed E-state index contributed by atoms with van der Waals surface area (Å²) in [6.45, 7) is 7.60. The van der Waals surface area contributed by atoms with Gasteiger partial charge in [0.1, 0.15) is 5.82 Å². The largest absolute Gasteiger partial charge is 0.356 e. The van der Waals surface area contributed by atoms with Crippen molar-refractivity contribution < 1.29 is 0 Å². The fourth-order valence-electron chi connectivity index (χ4n) is 4.79. The van der Waals surface area contributed by atoms with E-state index in [2.05, 4.69) is 26.7 Å². The van der Waals surface area contributed by atoms with Crippen molar-refractivity contribution in [3.63, 3.8) is 0 Å². The molecule has 1 aromatic heterocycles. The van der Waals surface area contributed by atoms with Crippen molar-refractivity contribution in [2.24, 2.45) is 0 Å². The van der Waals surface area contributed by atoms with Crippen molar-refractivity contribution in [2.45, 2.75) is 57.5 Å². The van der Waals surface area contributed by atoms with E-state index in [-0.39, 0.29) is 0 Å². The van der Waals surface area contributed by atoms with Crippen LogP contribution in [0.2, 0.25) is 0 Å². The highest BCUT2D eigenvalue weighted by molar-refractivity contribution is 7.98. The first-order chi connectivity index (χ1) is 13.8. The van der Waals surface area contributed by atoms with Crippen LogP contribution >= 0.6 is 11.8 Å². The van der Waals surface area contributed by atoms with Gasteiger partial charge in [0.25, 0.3) is 0 Å². The Labute approximate surface area is 174 Å². The second kappa shape index (κ2) is 10.1. The van der Waals surface area contributed by atoms with Gasteiger partial charge in [-0.1, -0.05) is 12.8 Å². The standard InChI is InChI=1S/C21H36N6S/c1-28-14-13-26-12-6-7-17(26)15-23-21-24-19-8-9-22-16-18(19)20(25-21)27-10-4-2-3-5-11-27/h17,22H,2-16H2,1H3,(H,23,24,25). The van der Waals surface area contributed by atoms with Gasteiger partial charge >= 0.3 is 0 Å². The second-order valence-electron chi connectivity index (χ2n) is 8.33. The van der Waals surface area contributed by atoms with Crippen LogP contribution in [-0.2, 0) is 13.0 Å². The Hall–Kier alpha value is -1.05. The maximum Gasteiger partial charge on any atom is 0.224 e. The van der Waals surface area contributed by atoms with Crippen LogP contribution in [0.5, 0.6) is 0 Å². The van der Waals surface area contributed by atoms with Gasteiger partial charge < -0.3 is 15.5 Å². The normalized spacial score (nSPS) is 23.5. The fourth-order valence-corrected chi connectivity index (χ4v) is 5.20. The molecule has 6 nitrogen and oxygen atoms in total. The van der Waals surface area contributed by atoms with Gasteiger partial charge in [-0.3, -0.25) is 4.90 Å². The molecule has 28 heavy (non-hydrogen) atoms. The Kier molecular flexibility index (Phi) is 7.31. The van der Waals surface area contributed by atoms with Gasteiger partial charge in [0, 0.05) is 63.0 Å². The lowest BCUT2D eigenvalue weighted by molar-refractivity contribution is 0.279. The maximum absolute atomic E-state index is 5.04. The lowest BCUT2D eigenvalue weighted by Gasteiger charge is -2.29. The average molecular weight is 405 g/mol. The number of fused-ring (bicyclic) bond motifs is 1. The van der Waals surface area contributed by atoms with Crippen molar-refractivity contribution in [3.05, 3.63) is 11.3 Å². The molecule has 0 spiro atoms. The summed E-state index contributed by atoms with van der Waals surface area (Å²) in [6.07, 6.45) is 11.1. The molecule has 1 aromatic rings. The van der Waals surface area contributed by atoms with Crippen LogP contribution in [0.3, 0.4) is 0 Å². The third-order valence-corrected chi connectivity index (χ3v) is 6.99. The molecule has 0 radical (unpaired) electrons. The highest BCUT2D eigenvalue weighted by Gasteiger charge is 2.25. The molecule has 156 valence electrons. The van der Waals surface area contributed by atoms with E-state index in [0.29, 0.717) is 6.04 Å². The van der Waals surface area contributed by atoms with Gasteiger partial charge in [-0.25, -0.2) is 4.98 Å². The number of likely N-dealkylation sites (tertiary alicyclic amines) is 1. The summed E-state index contributed by atoms with van der Waals surface area (Å²) in [5, 5.41) is 7.14. The Morgan fingerprint density at radius 2 is 1.96 bits per heavy atom. The molecule has 3 aliphatic heterocycles. The number of nitrogens with one attached hydrogen (secondary N) is 2. The van der Waals surface area contributed by atoms with E-state index >= 15 is 0 Å². The molecule has 0 bridgehead atoms. The van der Waals surface area contributed by atoms with Crippen LogP contribution in [0.25, 0.3) is 0 Å². The summed E-state index contributed by atoms with van der Waals surface area (Å²) in [7, 11) is 0. The van der Waals surface area contributed by atoms with E-state index in [1.54, 1.807) is 0 Å². The highest BCUT2D eigenvalue weighted by Crippen LogP contribution is 2.27. The molecule has 0 amide bonds. The third kappa shape index (κ3) is 4.92. The minimum absolute atomic E-state index is 0.620. The van der Waals surface area contributed by atoms with Crippen molar-refractivity contribution in [1.82, 2.24) is 20.2 Å². The van der Waals surface area contributed by atoms with Gasteiger partial charge in [0.2, 0.25) is 5.95 Å². The van der Waals surface area contributed by atoms with E-state index < -0.39 is 0 Å². The highest BCUT2D eigenvalue weighted by atomic mass is 32.2. The number of thioether (sulfide) groups is 1. The van der Waals surface area contributed by atoms with Gasteiger partial charge in [0.15, 0.2) is 0 Å². The predicted octanol–water partition coefficient (Wildman–Crippen LogP) is 2.74. The van der Waals surface area contributed by atoms with E-state index in [4.69, 9.17) is 9.97 Å². The lowest BCUT2D eigenvalue weighted by atomic mass is 10.1. The van der Waals surface area contributed by atoms with Gasteiger partial charge in [-0.2, -0.15) is 16.7 Å². The molecule has 2 saturated heterocycles. The average Bonchev–Trinajstić information content (AvgIpc) is 3.00. The molecule has 3 aliphatic rings. The molecule has 4 rings (SSSR count). The van der Waals surface area contributed by atoms with E-state index in [0.717, 1.165) is 45.1 Å². The summed E-state index contributed by atoms with van der Waals surface area (Å²) in [6, 6.07) is 0.620. The smallest absolute Gasteiger partial charge is 0.224 e. The first-order valence-corrected chi connectivity index (χ1v) is 12.6. The SMILES string of the molecule is CSCCN1CCCC1CNc1nc2c(c(N3CCCCCC3)n1)CNCC2. The minimum atomic E-state index is 0.620. The van der Waals surface area contributed by atoms with Gasteiger partial charge in [0.05, 0.1) is 5.69 Å². The van der Waals surface area contributed by atoms with Gasteiger partial charge in [-0.05, 0) is 38.5 Å². The number of hydrogen-bond acceptors (Lipinski definition) is 7. The minimum Gasteiger partial charge on any atom is -0.356 e. The second-order valence-corrected chi connectivity index (χ2v) is 9.32. The first-order valence-electron chi connectivity index (χ1n) is 11.2. The third-order valence-electron chi connectivity index (χ3n) is 6.39. The van der Waals surface area contributed by atoms with Crippen molar-refractivity contribution in [3.8, 4) is 0 Å². The van der Waals surface area contributed by atoms with Crippen LogP contribution in [0.1, 0.15) is 49.8 Å². The monoisotopic (exact) mass is 404 g/mol. The van der Waals surface area contributed by atoms with Crippen molar-refractivity contribution in [2.75, 3.05) is 61.5 Å². The molecule has 4 heterocycles.